The minimum atomic E-state index is -0.318. The number of ketones is 1. The smallest absolute Gasteiger partial charge is 0.305 e. The molecule has 0 aliphatic heterocycles. The Morgan fingerprint density at radius 3 is 2.50 bits per heavy atom. The molecule has 0 fully saturated rings. The predicted octanol–water partition coefficient (Wildman–Crippen LogP) is 3.08. The van der Waals surface area contributed by atoms with Gasteiger partial charge in [-0.25, -0.2) is 0 Å². The predicted molar refractivity (Wildman–Crippen MR) is 72.7 cm³/mol. The summed E-state index contributed by atoms with van der Waals surface area (Å²) < 4.78 is 4.49. The van der Waals surface area contributed by atoms with Gasteiger partial charge in [0.1, 0.15) is 5.78 Å². The van der Waals surface area contributed by atoms with Crippen molar-refractivity contribution in [1.82, 2.24) is 0 Å². The summed E-state index contributed by atoms with van der Waals surface area (Å²) in [5.41, 5.74) is 0. The first-order valence-electron chi connectivity index (χ1n) is 5.98. The van der Waals surface area contributed by atoms with Gasteiger partial charge in [0.2, 0.25) is 0 Å². The number of ether oxygens (including phenoxy) is 1. The number of Topliss-reactive ketones (excluding diaryl/α,β-unsaturated/α-hetero) is 1. The molecule has 0 saturated heterocycles. The van der Waals surface area contributed by atoms with Crippen LogP contribution in [0.15, 0.2) is 35.2 Å². The third kappa shape index (κ3) is 6.45. The van der Waals surface area contributed by atoms with Crippen LogP contribution in [0.1, 0.15) is 25.7 Å². The average molecular weight is 266 g/mol. The van der Waals surface area contributed by atoms with E-state index >= 15 is 0 Å². The number of thioether (sulfide) groups is 1. The maximum absolute atomic E-state index is 11.5. The van der Waals surface area contributed by atoms with Crippen LogP contribution < -0.4 is 0 Å². The van der Waals surface area contributed by atoms with Crippen LogP contribution in [0.4, 0.5) is 0 Å². The van der Waals surface area contributed by atoms with Crippen molar-refractivity contribution in [2.45, 2.75) is 30.6 Å². The summed E-state index contributed by atoms with van der Waals surface area (Å²) in [6, 6.07) is 10.1. The second-order valence-corrected chi connectivity index (χ2v) is 5.05. The Morgan fingerprint density at radius 2 is 1.83 bits per heavy atom. The van der Waals surface area contributed by atoms with Crippen molar-refractivity contribution in [1.29, 1.82) is 0 Å². The summed E-state index contributed by atoms with van der Waals surface area (Å²) >= 11 is 1.75. The van der Waals surface area contributed by atoms with Gasteiger partial charge in [0.25, 0.3) is 0 Å². The van der Waals surface area contributed by atoms with E-state index in [4.69, 9.17) is 0 Å². The molecule has 98 valence electrons. The summed E-state index contributed by atoms with van der Waals surface area (Å²) in [4.78, 5) is 23.5. The number of carbonyl (C=O) groups is 2. The van der Waals surface area contributed by atoms with Crippen molar-refractivity contribution >= 4 is 23.5 Å². The highest BCUT2D eigenvalue weighted by atomic mass is 32.2. The van der Waals surface area contributed by atoms with E-state index in [0.717, 1.165) is 12.2 Å². The molecule has 0 atom stereocenters. The molecule has 1 aromatic carbocycles. The van der Waals surface area contributed by atoms with E-state index in [1.165, 1.54) is 12.0 Å². The molecule has 4 heteroatoms. The molecule has 3 nitrogen and oxygen atoms in total. The molecule has 0 aliphatic rings. The van der Waals surface area contributed by atoms with E-state index in [-0.39, 0.29) is 18.2 Å². The molecule has 1 rings (SSSR count). The van der Waals surface area contributed by atoms with Crippen LogP contribution in [0.2, 0.25) is 0 Å². The first kappa shape index (κ1) is 14.8. The Balaban J connectivity index is 2.07. The second kappa shape index (κ2) is 8.75. The molecule has 0 bridgehead atoms. The fraction of sp³-hybridized carbons (Fsp3) is 0.429. The topological polar surface area (TPSA) is 43.4 Å². The first-order chi connectivity index (χ1) is 8.72. The molecule has 0 radical (unpaired) electrons. The van der Waals surface area contributed by atoms with Crippen LogP contribution in [0.5, 0.6) is 0 Å². The van der Waals surface area contributed by atoms with Gasteiger partial charge in [0, 0.05) is 17.7 Å². The highest BCUT2D eigenvalue weighted by molar-refractivity contribution is 7.99. The summed E-state index contributed by atoms with van der Waals surface area (Å²) in [5.74, 6) is 0.740. The molecule has 0 aromatic heterocycles. The molecule has 0 N–H and O–H groups in total. The van der Waals surface area contributed by atoms with E-state index in [1.54, 1.807) is 11.8 Å². The molecule has 1 aromatic rings. The standard InChI is InChI=1S/C14H18O3S/c1-17-14(16)10-9-12(15)6-5-11-18-13-7-3-2-4-8-13/h2-4,7-8H,5-6,9-11H2,1H3. The zero-order chi connectivity index (χ0) is 13.2. The lowest BCUT2D eigenvalue weighted by atomic mass is 10.1. The maximum Gasteiger partial charge on any atom is 0.305 e. The maximum atomic E-state index is 11.5. The van der Waals surface area contributed by atoms with Crippen LogP contribution >= 0.6 is 11.8 Å². The summed E-state index contributed by atoms with van der Waals surface area (Å²) in [5, 5.41) is 0. The molecular weight excluding hydrogens is 248 g/mol. The van der Waals surface area contributed by atoms with Gasteiger partial charge in [-0.15, -0.1) is 11.8 Å². The normalized spacial score (nSPS) is 10.1. The van der Waals surface area contributed by atoms with Gasteiger partial charge < -0.3 is 4.74 Å². The molecule has 0 saturated carbocycles. The van der Waals surface area contributed by atoms with Crippen molar-refractivity contribution in [3.8, 4) is 0 Å². The average Bonchev–Trinajstić information content (AvgIpc) is 2.42. The Bertz CT molecular complexity index is 376. The van der Waals surface area contributed by atoms with Gasteiger partial charge in [-0.2, -0.15) is 0 Å². The largest absolute Gasteiger partial charge is 0.469 e. The van der Waals surface area contributed by atoms with Crippen LogP contribution in [0.25, 0.3) is 0 Å². The van der Waals surface area contributed by atoms with E-state index in [2.05, 4.69) is 16.9 Å². The zero-order valence-electron chi connectivity index (χ0n) is 10.6. The van der Waals surface area contributed by atoms with Crippen LogP contribution in [-0.2, 0) is 14.3 Å². The number of methoxy groups -OCH3 is 1. The van der Waals surface area contributed by atoms with E-state index in [1.807, 2.05) is 18.2 Å². The van der Waals surface area contributed by atoms with Gasteiger partial charge >= 0.3 is 5.97 Å². The van der Waals surface area contributed by atoms with E-state index in [0.29, 0.717) is 12.8 Å². The number of benzene rings is 1. The lowest BCUT2D eigenvalue weighted by Crippen LogP contribution is -2.05. The number of esters is 1. The quantitative estimate of drug-likeness (QED) is 0.412. The fourth-order valence-corrected chi connectivity index (χ4v) is 2.32. The highest BCUT2D eigenvalue weighted by Gasteiger charge is 2.06. The highest BCUT2D eigenvalue weighted by Crippen LogP contribution is 2.18. The monoisotopic (exact) mass is 266 g/mol. The molecule has 0 unspecified atom stereocenters. The van der Waals surface area contributed by atoms with Crippen LogP contribution in [-0.4, -0.2) is 24.6 Å². The lowest BCUT2D eigenvalue weighted by Gasteiger charge is -2.01. The van der Waals surface area contributed by atoms with Crippen molar-refractivity contribution in [2.75, 3.05) is 12.9 Å². The van der Waals surface area contributed by atoms with Crippen molar-refractivity contribution in [3.63, 3.8) is 0 Å². The molecule has 0 spiro atoms. The van der Waals surface area contributed by atoms with Gasteiger partial charge in [0.15, 0.2) is 0 Å². The molecule has 0 amide bonds. The Kier molecular flexibility index (Phi) is 7.18. The minimum absolute atomic E-state index is 0.133. The number of hydrogen-bond acceptors (Lipinski definition) is 4. The van der Waals surface area contributed by atoms with Crippen LogP contribution in [0.3, 0.4) is 0 Å². The number of hydrogen-bond donors (Lipinski definition) is 0. The molecule has 0 aliphatic carbocycles. The summed E-state index contributed by atoms with van der Waals surface area (Å²) in [6.07, 6.45) is 1.88. The summed E-state index contributed by atoms with van der Waals surface area (Å²) in [6.45, 7) is 0. The van der Waals surface area contributed by atoms with E-state index < -0.39 is 0 Å². The Labute approximate surface area is 112 Å². The molecule has 18 heavy (non-hydrogen) atoms. The van der Waals surface area contributed by atoms with E-state index in [9.17, 15) is 9.59 Å². The van der Waals surface area contributed by atoms with Crippen molar-refractivity contribution in [2.24, 2.45) is 0 Å². The third-order valence-corrected chi connectivity index (χ3v) is 3.55. The third-order valence-electron chi connectivity index (χ3n) is 2.45. The summed E-state index contributed by atoms with van der Waals surface area (Å²) in [7, 11) is 1.34. The Hall–Kier alpha value is -1.29. The first-order valence-corrected chi connectivity index (χ1v) is 6.97. The van der Waals surface area contributed by atoms with Crippen molar-refractivity contribution in [3.05, 3.63) is 30.3 Å². The van der Waals surface area contributed by atoms with Gasteiger partial charge in [-0.05, 0) is 24.3 Å². The minimum Gasteiger partial charge on any atom is -0.469 e. The SMILES string of the molecule is COC(=O)CCC(=O)CCCSc1ccccc1. The van der Waals surface area contributed by atoms with Gasteiger partial charge in [0.05, 0.1) is 13.5 Å². The van der Waals surface area contributed by atoms with Crippen LogP contribution in [0, 0.1) is 0 Å². The lowest BCUT2D eigenvalue weighted by molar-refractivity contribution is -0.141. The second-order valence-electron chi connectivity index (χ2n) is 3.88. The van der Waals surface area contributed by atoms with Gasteiger partial charge in [-0.1, -0.05) is 18.2 Å². The number of rotatable bonds is 8. The molecule has 0 heterocycles. The Morgan fingerprint density at radius 1 is 1.11 bits per heavy atom. The number of carbonyl (C=O) groups excluding carboxylic acids is 2. The zero-order valence-corrected chi connectivity index (χ0v) is 11.4. The van der Waals surface area contributed by atoms with Crippen molar-refractivity contribution < 1.29 is 14.3 Å². The molecular formula is C14H18O3S. The van der Waals surface area contributed by atoms with Gasteiger partial charge in [-0.3, -0.25) is 9.59 Å². The fourth-order valence-electron chi connectivity index (χ4n) is 1.44.